The van der Waals surface area contributed by atoms with Crippen LogP contribution in [0.2, 0.25) is 0 Å². The van der Waals surface area contributed by atoms with E-state index in [4.69, 9.17) is 46.8 Å². The van der Waals surface area contributed by atoms with Crippen molar-refractivity contribution in [2.45, 2.75) is 87.2 Å². The highest BCUT2D eigenvalue weighted by molar-refractivity contribution is 5.85. The van der Waals surface area contributed by atoms with Crippen molar-refractivity contribution in [3.63, 3.8) is 0 Å². The lowest BCUT2D eigenvalue weighted by atomic mass is 9.80. The smallest absolute Gasteiger partial charge is 0.415 e. The number of hydrogen-bond acceptors (Lipinski definition) is 19. The van der Waals surface area contributed by atoms with Gasteiger partial charge >= 0.3 is 65.2 Å². The fourth-order valence-corrected chi connectivity index (χ4v) is 7.20. The number of hydrogen-bond donors (Lipinski definition) is 0. The Morgan fingerprint density at radius 2 is 1.32 bits per heavy atom. The average Bonchev–Trinajstić information content (AvgIpc) is 3.85. The van der Waals surface area contributed by atoms with Gasteiger partial charge in [-0.05, 0) is 25.7 Å². The van der Waals surface area contributed by atoms with Crippen LogP contribution in [-0.2, 0) is 85.8 Å². The molecule has 0 radical (unpaired) electrons. The summed E-state index contributed by atoms with van der Waals surface area (Å²) in [5.74, 6) is -7.17. The van der Waals surface area contributed by atoms with E-state index in [-0.39, 0.29) is 42.5 Å². The molecule has 0 aromatic carbocycles. The first-order valence-corrected chi connectivity index (χ1v) is 18.3. The summed E-state index contributed by atoms with van der Waals surface area (Å²) in [6.07, 6.45) is 2.75. The van der Waals surface area contributed by atoms with Gasteiger partial charge in [0.1, 0.15) is 6.10 Å². The Kier molecular flexibility index (Phi) is 15.3. The number of carbonyl (C=O) groups excluding carboxylic acids is 9. The topological polar surface area (TPSA) is 269 Å². The average molecular weight is 838 g/mol. The van der Waals surface area contributed by atoms with Gasteiger partial charge in [0.15, 0.2) is 25.9 Å². The van der Waals surface area contributed by atoms with Gasteiger partial charge in [-0.25, -0.2) is 41.9 Å². The highest BCUT2D eigenvalue weighted by Gasteiger charge is 2.64. The van der Waals surface area contributed by atoms with Crippen LogP contribution in [0.25, 0.3) is 9.69 Å². The molecule has 318 valence electrons. The van der Waals surface area contributed by atoms with Crippen molar-refractivity contribution in [3.05, 3.63) is 60.8 Å². The number of nitrogens with zero attached hydrogens (tertiary/aromatic N) is 3. The van der Waals surface area contributed by atoms with Crippen LogP contribution >= 0.6 is 0 Å². The lowest BCUT2D eigenvalue weighted by molar-refractivity contribution is -0.178. The van der Waals surface area contributed by atoms with Crippen LogP contribution in [-0.4, -0.2) is 109 Å². The number of fused-ring (bicyclic) bond motifs is 6. The summed E-state index contributed by atoms with van der Waals surface area (Å²) >= 11 is 0. The molecule has 6 bridgehead atoms. The molecule has 3 saturated heterocycles. The van der Waals surface area contributed by atoms with E-state index >= 15 is 0 Å². The third-order valence-corrected chi connectivity index (χ3v) is 10.2. The Labute approximate surface area is 342 Å². The molecule has 3 saturated carbocycles. The highest BCUT2D eigenvalue weighted by atomic mass is 16.6. The van der Waals surface area contributed by atoms with Crippen molar-refractivity contribution in [2.24, 2.45) is 23.7 Å². The number of esters is 9. The van der Waals surface area contributed by atoms with Gasteiger partial charge in [0.05, 0.1) is 42.6 Å². The van der Waals surface area contributed by atoms with Crippen molar-refractivity contribution in [1.82, 2.24) is 0 Å². The third kappa shape index (κ3) is 10.9. The van der Waals surface area contributed by atoms with Gasteiger partial charge in [-0.15, -0.1) is 0 Å². The number of rotatable bonds is 12. The van der Waals surface area contributed by atoms with Crippen molar-refractivity contribution in [3.8, 4) is 6.07 Å². The zero-order valence-electron chi connectivity index (χ0n) is 31.9. The van der Waals surface area contributed by atoms with Gasteiger partial charge in [0, 0.05) is 31.1 Å². The summed E-state index contributed by atoms with van der Waals surface area (Å²) in [7, 11) is 0. The van der Waals surface area contributed by atoms with Gasteiger partial charge in [0.2, 0.25) is 12.2 Å². The maximum absolute atomic E-state index is 11.6. The molecular weight excluding hydrogens is 798 g/mol. The van der Waals surface area contributed by atoms with E-state index in [1.54, 1.807) is 0 Å². The van der Waals surface area contributed by atoms with Gasteiger partial charge in [-0.1, -0.05) is 19.7 Å². The predicted octanol–water partition coefficient (Wildman–Crippen LogP) is 1.30. The molecule has 21 nitrogen and oxygen atoms in total. The van der Waals surface area contributed by atoms with E-state index in [1.807, 2.05) is 6.07 Å². The second kappa shape index (κ2) is 20.1. The first kappa shape index (κ1) is 45.6. The van der Waals surface area contributed by atoms with Crippen LogP contribution in [0.5, 0.6) is 0 Å². The second-order valence-electron chi connectivity index (χ2n) is 13.9. The molecule has 10 unspecified atom stereocenters. The van der Waals surface area contributed by atoms with E-state index in [0.29, 0.717) is 38.5 Å². The molecule has 3 aliphatic heterocycles. The Bertz CT molecular complexity index is 1900. The maximum Gasteiger partial charge on any atom is 0.415 e. The minimum atomic E-state index is -1.50. The Morgan fingerprint density at radius 1 is 0.733 bits per heavy atom. The molecule has 6 rings (SSSR count). The monoisotopic (exact) mass is 837 g/mol. The van der Waals surface area contributed by atoms with Crippen LogP contribution in [0.15, 0.2) is 38.0 Å². The lowest BCUT2D eigenvalue weighted by Crippen LogP contribution is -2.46. The Hall–Kier alpha value is -7.08. The first-order chi connectivity index (χ1) is 28.6. The SMILES string of the molecule is C=CC(=O)OCC(=O)OC1C(C#N)CC2CC1OC2=O.[C-]#[N+]C1(OC(=O)COC(=O)C=C)CCC2CC1OC2=O.[C-]#[N+]C12CC(CCC1OC(=O)COC(=O)C=C)C(=O)O2. The fourth-order valence-electron chi connectivity index (χ4n) is 7.20. The quantitative estimate of drug-likeness (QED) is 0.116. The standard InChI is InChI=1S/3C13H13NO6/c1-3-10(15)18-7-11(16)20-13(14-2)5-4-8-6-9(13)19-12(8)17;1-3-10(15)18-7-11(16)19-9-5-4-8-6-13(9,14-2)20-12(8)17;1-2-10(15)18-6-11(16)20-12-8(5-14)3-7-4-9(12)19-13(7)17/h2*3,8-9H,1,4-7H2;2,7-9,12H,1,3-4,6H2. The first-order valence-electron chi connectivity index (χ1n) is 18.3. The van der Waals surface area contributed by atoms with E-state index in [9.17, 15) is 43.2 Å². The molecule has 3 heterocycles. The molecule has 0 aromatic heterocycles. The van der Waals surface area contributed by atoms with Crippen LogP contribution in [0.4, 0.5) is 0 Å². The minimum Gasteiger partial charge on any atom is -0.458 e. The number of carbonyl (C=O) groups is 9. The zero-order chi connectivity index (χ0) is 44.2. The summed E-state index contributed by atoms with van der Waals surface area (Å²) in [4.78, 5) is 108. The molecule has 21 heteroatoms. The highest BCUT2D eigenvalue weighted by Crippen LogP contribution is 2.46. The van der Waals surface area contributed by atoms with E-state index < -0.39 is 103 Å². The molecule has 60 heavy (non-hydrogen) atoms. The van der Waals surface area contributed by atoms with Crippen molar-refractivity contribution in [2.75, 3.05) is 19.8 Å². The molecule has 3 aliphatic carbocycles. The molecule has 10 atom stereocenters. The van der Waals surface area contributed by atoms with E-state index in [1.165, 1.54) is 0 Å². The van der Waals surface area contributed by atoms with Crippen LogP contribution < -0.4 is 0 Å². The maximum atomic E-state index is 11.6. The van der Waals surface area contributed by atoms with Crippen LogP contribution in [0, 0.1) is 48.1 Å². The van der Waals surface area contributed by atoms with Gasteiger partial charge in [-0.2, -0.15) is 5.26 Å². The third-order valence-electron chi connectivity index (χ3n) is 10.2. The summed E-state index contributed by atoms with van der Waals surface area (Å²) in [6, 6.07) is 2.02. The molecule has 6 fully saturated rings. The normalized spacial score (nSPS) is 30.9. The molecule has 6 aliphatic rings. The van der Waals surface area contributed by atoms with Crippen molar-refractivity contribution >= 4 is 53.7 Å². The molecule has 0 aromatic rings. The molecule has 0 amide bonds. The second-order valence-corrected chi connectivity index (χ2v) is 13.9. The summed E-state index contributed by atoms with van der Waals surface area (Å²) in [5.41, 5.74) is -2.92. The van der Waals surface area contributed by atoms with E-state index in [2.05, 4.69) is 43.6 Å². The number of nitriles is 1. The van der Waals surface area contributed by atoms with E-state index in [0.717, 1.165) is 18.2 Å². The van der Waals surface area contributed by atoms with Crippen LogP contribution in [0.3, 0.4) is 0 Å². The van der Waals surface area contributed by atoms with Gasteiger partial charge < -0.3 is 42.6 Å². The Morgan fingerprint density at radius 3 is 1.88 bits per heavy atom. The lowest BCUT2D eigenvalue weighted by Gasteiger charge is -2.29. The minimum absolute atomic E-state index is 0.216. The summed E-state index contributed by atoms with van der Waals surface area (Å²) in [6.45, 7) is 22.3. The molecular formula is C39H39N3O18. The predicted molar refractivity (Wildman–Crippen MR) is 190 cm³/mol. The van der Waals surface area contributed by atoms with Crippen molar-refractivity contribution in [1.29, 1.82) is 5.26 Å². The van der Waals surface area contributed by atoms with Crippen LogP contribution in [0.1, 0.15) is 51.4 Å². The molecule has 0 spiro atoms. The van der Waals surface area contributed by atoms with Gasteiger partial charge in [0.25, 0.3) is 0 Å². The van der Waals surface area contributed by atoms with Crippen molar-refractivity contribution < 1.29 is 85.8 Å². The summed E-state index contributed by atoms with van der Waals surface area (Å²) in [5, 5.41) is 9.07. The van der Waals surface area contributed by atoms with Gasteiger partial charge in [-0.3, -0.25) is 24.1 Å². The number of ether oxygens (including phenoxy) is 9. The largest absolute Gasteiger partial charge is 0.458 e. The fraction of sp³-hybridized carbons (Fsp3) is 0.538. The molecule has 0 N–H and O–H groups in total. The Balaban J connectivity index is 0.000000198. The zero-order valence-corrected chi connectivity index (χ0v) is 31.9. The summed E-state index contributed by atoms with van der Waals surface area (Å²) < 4.78 is 44.2.